The number of hydrogen-bond acceptors (Lipinski definition) is 1. The quantitative estimate of drug-likeness (QED) is 0.607. The first-order valence-corrected chi connectivity index (χ1v) is 7.32. The molecule has 1 aromatic heterocycles. The number of alkyl halides is 1. The van der Waals surface area contributed by atoms with Crippen molar-refractivity contribution in [1.82, 2.24) is 9.55 Å². The molecular formula is C16H14Cl2N2. The normalized spacial score (nSPS) is 11.2. The van der Waals surface area contributed by atoms with Gasteiger partial charge in [-0.15, -0.1) is 11.6 Å². The SMILES string of the molecule is Cc1ccc2c(c1)nc(CCl)n2-c1cc(Cl)ccc1C. The van der Waals surface area contributed by atoms with E-state index in [1.165, 1.54) is 5.56 Å². The molecule has 0 aliphatic carbocycles. The zero-order valence-electron chi connectivity index (χ0n) is 11.3. The summed E-state index contributed by atoms with van der Waals surface area (Å²) >= 11 is 12.2. The molecule has 0 atom stereocenters. The third-order valence-corrected chi connectivity index (χ3v) is 3.89. The van der Waals surface area contributed by atoms with Crippen LogP contribution in [-0.2, 0) is 5.88 Å². The molecule has 0 aliphatic heterocycles. The van der Waals surface area contributed by atoms with Crippen molar-refractivity contribution in [3.05, 3.63) is 58.4 Å². The third kappa shape index (κ3) is 2.19. The van der Waals surface area contributed by atoms with Gasteiger partial charge in [-0.05, 0) is 49.2 Å². The Morgan fingerprint density at radius 3 is 2.65 bits per heavy atom. The average Bonchev–Trinajstić information content (AvgIpc) is 2.78. The summed E-state index contributed by atoms with van der Waals surface area (Å²) in [5.74, 6) is 1.19. The van der Waals surface area contributed by atoms with E-state index in [0.717, 1.165) is 28.1 Å². The first kappa shape index (κ1) is 13.5. The highest BCUT2D eigenvalue weighted by Crippen LogP contribution is 2.27. The molecule has 20 heavy (non-hydrogen) atoms. The van der Waals surface area contributed by atoms with Gasteiger partial charge >= 0.3 is 0 Å². The fraction of sp³-hybridized carbons (Fsp3) is 0.188. The second-order valence-electron chi connectivity index (χ2n) is 4.92. The van der Waals surface area contributed by atoms with Crippen LogP contribution in [0.2, 0.25) is 5.02 Å². The molecule has 102 valence electrons. The van der Waals surface area contributed by atoms with Crippen molar-refractivity contribution in [2.45, 2.75) is 19.7 Å². The first-order valence-electron chi connectivity index (χ1n) is 6.40. The highest BCUT2D eigenvalue weighted by atomic mass is 35.5. The van der Waals surface area contributed by atoms with E-state index < -0.39 is 0 Å². The predicted octanol–water partition coefficient (Wildman–Crippen LogP) is 5.03. The van der Waals surface area contributed by atoms with Crippen LogP contribution < -0.4 is 0 Å². The van der Waals surface area contributed by atoms with Crippen LogP contribution in [0.25, 0.3) is 16.7 Å². The number of imidazole rings is 1. The van der Waals surface area contributed by atoms with Gasteiger partial charge in [0.2, 0.25) is 0 Å². The van der Waals surface area contributed by atoms with Gasteiger partial charge in [-0.25, -0.2) is 4.98 Å². The largest absolute Gasteiger partial charge is 0.295 e. The number of fused-ring (bicyclic) bond motifs is 1. The van der Waals surface area contributed by atoms with Crippen molar-refractivity contribution >= 4 is 34.2 Å². The molecule has 0 saturated heterocycles. The Labute approximate surface area is 128 Å². The van der Waals surface area contributed by atoms with E-state index in [1.807, 2.05) is 18.2 Å². The topological polar surface area (TPSA) is 17.8 Å². The number of hydrogen-bond donors (Lipinski definition) is 0. The van der Waals surface area contributed by atoms with Crippen LogP contribution >= 0.6 is 23.2 Å². The Balaban J connectivity index is 2.37. The predicted molar refractivity (Wildman–Crippen MR) is 85.1 cm³/mol. The molecule has 0 unspecified atom stereocenters. The van der Waals surface area contributed by atoms with Gasteiger partial charge in [0.25, 0.3) is 0 Å². The maximum Gasteiger partial charge on any atom is 0.129 e. The molecule has 2 aromatic carbocycles. The number of nitrogens with zero attached hydrogens (tertiary/aromatic N) is 2. The molecule has 1 heterocycles. The van der Waals surface area contributed by atoms with E-state index in [2.05, 4.69) is 41.6 Å². The second kappa shape index (κ2) is 5.12. The summed E-state index contributed by atoms with van der Waals surface area (Å²) in [5, 5.41) is 0.708. The molecule has 0 fully saturated rings. The Morgan fingerprint density at radius 1 is 1.10 bits per heavy atom. The summed E-state index contributed by atoms with van der Waals surface area (Å²) in [6, 6.07) is 12.1. The van der Waals surface area contributed by atoms with Gasteiger partial charge in [-0.3, -0.25) is 4.57 Å². The summed E-state index contributed by atoms with van der Waals surface area (Å²) < 4.78 is 2.09. The van der Waals surface area contributed by atoms with Crippen LogP contribution in [0.1, 0.15) is 17.0 Å². The van der Waals surface area contributed by atoms with Crippen molar-refractivity contribution < 1.29 is 0 Å². The lowest BCUT2D eigenvalue weighted by Gasteiger charge is -2.11. The second-order valence-corrected chi connectivity index (χ2v) is 5.62. The summed E-state index contributed by atoms with van der Waals surface area (Å²) in [6.07, 6.45) is 0. The minimum Gasteiger partial charge on any atom is -0.295 e. The molecule has 0 saturated carbocycles. The Kier molecular flexibility index (Phi) is 3.45. The highest BCUT2D eigenvalue weighted by Gasteiger charge is 2.13. The first-order chi connectivity index (χ1) is 9.60. The number of aromatic nitrogens is 2. The van der Waals surface area contributed by atoms with Crippen molar-refractivity contribution in [2.75, 3.05) is 0 Å². The van der Waals surface area contributed by atoms with E-state index >= 15 is 0 Å². The number of benzene rings is 2. The maximum absolute atomic E-state index is 6.14. The van der Waals surface area contributed by atoms with Crippen LogP contribution in [-0.4, -0.2) is 9.55 Å². The molecule has 3 rings (SSSR count). The molecule has 3 aromatic rings. The van der Waals surface area contributed by atoms with E-state index in [1.54, 1.807) is 0 Å². The van der Waals surface area contributed by atoms with Gasteiger partial charge < -0.3 is 0 Å². The molecule has 0 amide bonds. The van der Waals surface area contributed by atoms with Crippen LogP contribution in [0.3, 0.4) is 0 Å². The van der Waals surface area contributed by atoms with E-state index in [0.29, 0.717) is 10.9 Å². The zero-order valence-corrected chi connectivity index (χ0v) is 12.8. The van der Waals surface area contributed by atoms with Crippen LogP contribution in [0.5, 0.6) is 0 Å². The van der Waals surface area contributed by atoms with Crippen molar-refractivity contribution in [3.63, 3.8) is 0 Å². The lowest BCUT2D eigenvalue weighted by molar-refractivity contribution is 0.972. The summed E-state index contributed by atoms with van der Waals surface area (Å²) in [4.78, 5) is 4.63. The van der Waals surface area contributed by atoms with Crippen LogP contribution in [0.15, 0.2) is 36.4 Å². The summed E-state index contributed by atoms with van der Waals surface area (Å²) in [7, 11) is 0. The summed E-state index contributed by atoms with van der Waals surface area (Å²) in [5.41, 5.74) is 5.36. The van der Waals surface area contributed by atoms with Gasteiger partial charge in [0.1, 0.15) is 5.82 Å². The van der Waals surface area contributed by atoms with Crippen molar-refractivity contribution in [3.8, 4) is 5.69 Å². The number of rotatable bonds is 2. The van der Waals surface area contributed by atoms with Crippen LogP contribution in [0.4, 0.5) is 0 Å². The molecule has 4 heteroatoms. The van der Waals surface area contributed by atoms with E-state index in [4.69, 9.17) is 23.2 Å². The molecule has 0 spiro atoms. The Morgan fingerprint density at radius 2 is 1.90 bits per heavy atom. The maximum atomic E-state index is 6.14. The van der Waals surface area contributed by atoms with Gasteiger partial charge in [-0.2, -0.15) is 0 Å². The molecule has 0 aliphatic rings. The minimum absolute atomic E-state index is 0.361. The number of halogens is 2. The van der Waals surface area contributed by atoms with E-state index in [-0.39, 0.29) is 0 Å². The number of aryl methyl sites for hydroxylation is 2. The monoisotopic (exact) mass is 304 g/mol. The molecular weight excluding hydrogens is 291 g/mol. The molecule has 0 N–H and O–H groups in total. The highest BCUT2D eigenvalue weighted by molar-refractivity contribution is 6.30. The zero-order chi connectivity index (χ0) is 14.3. The third-order valence-electron chi connectivity index (χ3n) is 3.41. The molecule has 2 nitrogen and oxygen atoms in total. The van der Waals surface area contributed by atoms with Crippen molar-refractivity contribution in [1.29, 1.82) is 0 Å². The smallest absolute Gasteiger partial charge is 0.129 e. The molecule has 0 bridgehead atoms. The average molecular weight is 305 g/mol. The fourth-order valence-corrected chi connectivity index (χ4v) is 2.77. The van der Waals surface area contributed by atoms with E-state index in [9.17, 15) is 0 Å². The lowest BCUT2D eigenvalue weighted by atomic mass is 10.2. The van der Waals surface area contributed by atoms with Gasteiger partial charge in [0.15, 0.2) is 0 Å². The van der Waals surface area contributed by atoms with Crippen molar-refractivity contribution in [2.24, 2.45) is 0 Å². The summed E-state index contributed by atoms with van der Waals surface area (Å²) in [6.45, 7) is 4.12. The molecule has 0 radical (unpaired) electrons. The lowest BCUT2D eigenvalue weighted by Crippen LogP contribution is -2.01. The Hall–Kier alpha value is -1.51. The fourth-order valence-electron chi connectivity index (χ4n) is 2.42. The minimum atomic E-state index is 0.361. The van der Waals surface area contributed by atoms with Crippen LogP contribution in [0, 0.1) is 13.8 Å². The van der Waals surface area contributed by atoms with Gasteiger partial charge in [0.05, 0.1) is 22.6 Å². The standard InChI is InChI=1S/C16H14Cl2N2/c1-10-3-6-14-13(7-10)19-16(9-17)20(14)15-8-12(18)5-4-11(15)2/h3-8H,9H2,1-2H3. The Bertz CT molecular complexity index is 791. The van der Waals surface area contributed by atoms with Gasteiger partial charge in [0, 0.05) is 5.02 Å². The van der Waals surface area contributed by atoms with Gasteiger partial charge in [-0.1, -0.05) is 23.7 Å².